The lowest BCUT2D eigenvalue weighted by molar-refractivity contribution is -0.139. The lowest BCUT2D eigenvalue weighted by Crippen LogP contribution is -2.56. The highest BCUT2D eigenvalue weighted by Gasteiger charge is 2.32. The summed E-state index contributed by atoms with van der Waals surface area (Å²) in [6, 6.07) is 11.1. The summed E-state index contributed by atoms with van der Waals surface area (Å²) < 4.78 is 0. The second-order valence-electron chi connectivity index (χ2n) is 5.35. The van der Waals surface area contributed by atoms with Crippen LogP contribution in [0.4, 0.5) is 0 Å². The molecule has 0 radical (unpaired) electrons. The van der Waals surface area contributed by atoms with Gasteiger partial charge in [-0.05, 0) is 18.4 Å². The van der Waals surface area contributed by atoms with Crippen LogP contribution in [0.25, 0.3) is 0 Å². The Hall–Kier alpha value is -1.35. The molecule has 1 aromatic rings. The Morgan fingerprint density at radius 2 is 2.00 bits per heavy atom. The fourth-order valence-electron chi connectivity index (χ4n) is 3.11. The van der Waals surface area contributed by atoms with Crippen LogP contribution in [0.3, 0.4) is 0 Å². The minimum absolute atomic E-state index is 0.366. The smallest absolute Gasteiger partial charge is 0.222 e. The predicted molar refractivity (Wildman–Crippen MR) is 71.1 cm³/mol. The largest absolute Gasteiger partial charge is 0.337 e. The molecule has 1 atom stereocenters. The van der Waals surface area contributed by atoms with Crippen LogP contribution in [-0.2, 0) is 11.3 Å². The van der Waals surface area contributed by atoms with Crippen molar-refractivity contribution in [3.8, 4) is 0 Å². The highest BCUT2D eigenvalue weighted by molar-refractivity contribution is 5.77. The number of fused-ring (bicyclic) bond motifs is 1. The quantitative estimate of drug-likeness (QED) is 0.793. The summed E-state index contributed by atoms with van der Waals surface area (Å²) in [5, 5.41) is 0. The van der Waals surface area contributed by atoms with Gasteiger partial charge >= 0.3 is 0 Å². The van der Waals surface area contributed by atoms with Crippen molar-refractivity contribution < 1.29 is 4.79 Å². The average Bonchev–Trinajstić information content (AvgIpc) is 2.40. The molecular weight excluding hydrogens is 224 g/mol. The van der Waals surface area contributed by atoms with Crippen LogP contribution in [0, 0.1) is 0 Å². The van der Waals surface area contributed by atoms with E-state index >= 15 is 0 Å². The maximum Gasteiger partial charge on any atom is 0.222 e. The van der Waals surface area contributed by atoms with Gasteiger partial charge in [0.05, 0.1) is 0 Å². The Morgan fingerprint density at radius 1 is 1.17 bits per heavy atom. The van der Waals surface area contributed by atoms with Crippen LogP contribution >= 0.6 is 0 Å². The van der Waals surface area contributed by atoms with Crippen LogP contribution in [0.1, 0.15) is 24.8 Å². The van der Waals surface area contributed by atoms with Crippen molar-refractivity contribution in [3.05, 3.63) is 35.9 Å². The van der Waals surface area contributed by atoms with E-state index in [1.54, 1.807) is 0 Å². The summed E-state index contributed by atoms with van der Waals surface area (Å²) >= 11 is 0. The number of benzene rings is 1. The third-order valence-electron chi connectivity index (χ3n) is 4.06. The van der Waals surface area contributed by atoms with E-state index in [9.17, 15) is 4.79 Å². The topological polar surface area (TPSA) is 23.6 Å². The number of piperidine rings is 1. The van der Waals surface area contributed by atoms with Gasteiger partial charge in [-0.25, -0.2) is 0 Å². The summed E-state index contributed by atoms with van der Waals surface area (Å²) in [7, 11) is 0. The molecule has 2 saturated heterocycles. The molecule has 2 heterocycles. The van der Waals surface area contributed by atoms with Crippen molar-refractivity contribution in [2.24, 2.45) is 0 Å². The molecule has 3 heteroatoms. The van der Waals surface area contributed by atoms with Crippen LogP contribution in [0.2, 0.25) is 0 Å². The number of amides is 1. The minimum Gasteiger partial charge on any atom is -0.337 e. The zero-order chi connectivity index (χ0) is 12.4. The van der Waals surface area contributed by atoms with Gasteiger partial charge in [0.2, 0.25) is 5.91 Å². The molecule has 2 fully saturated rings. The first-order valence-electron chi connectivity index (χ1n) is 6.89. The molecule has 0 spiro atoms. The molecule has 0 aliphatic carbocycles. The van der Waals surface area contributed by atoms with Crippen molar-refractivity contribution in [2.75, 3.05) is 19.6 Å². The summed E-state index contributed by atoms with van der Waals surface area (Å²) in [6.45, 7) is 3.98. The number of hydrogen-bond acceptors (Lipinski definition) is 2. The molecule has 2 aliphatic rings. The Balaban J connectivity index is 1.62. The molecule has 0 aromatic heterocycles. The zero-order valence-electron chi connectivity index (χ0n) is 10.7. The maximum atomic E-state index is 11.8. The van der Waals surface area contributed by atoms with Gasteiger partial charge in [-0.3, -0.25) is 9.69 Å². The van der Waals surface area contributed by atoms with E-state index in [0.717, 1.165) is 39.0 Å². The summed E-state index contributed by atoms with van der Waals surface area (Å²) in [5.41, 5.74) is 1.37. The predicted octanol–water partition coefficient (Wildman–Crippen LogP) is 1.88. The standard InChI is InChI=1S/C15H20N2O/c18-15-8-4-7-14-12-16(9-10-17(14)15)11-13-5-2-1-3-6-13/h1-3,5-6,14H,4,7-12H2. The number of nitrogens with zero attached hydrogens (tertiary/aromatic N) is 2. The lowest BCUT2D eigenvalue weighted by atomic mass is 9.98. The first kappa shape index (κ1) is 11.7. The third-order valence-corrected chi connectivity index (χ3v) is 4.06. The fourth-order valence-corrected chi connectivity index (χ4v) is 3.11. The van der Waals surface area contributed by atoms with E-state index in [0.29, 0.717) is 11.9 Å². The summed E-state index contributed by atoms with van der Waals surface area (Å²) in [6.07, 6.45) is 3.01. The fraction of sp³-hybridized carbons (Fsp3) is 0.533. The normalized spacial score (nSPS) is 25.0. The van der Waals surface area contributed by atoms with E-state index in [4.69, 9.17) is 0 Å². The first-order chi connectivity index (χ1) is 8.83. The molecule has 1 aromatic carbocycles. The monoisotopic (exact) mass is 244 g/mol. The van der Waals surface area contributed by atoms with E-state index in [2.05, 4.69) is 40.1 Å². The molecular formula is C15H20N2O. The van der Waals surface area contributed by atoms with E-state index < -0.39 is 0 Å². The van der Waals surface area contributed by atoms with Gasteiger partial charge in [-0.2, -0.15) is 0 Å². The minimum atomic E-state index is 0.366. The number of carbonyl (C=O) groups is 1. The summed E-state index contributed by atoms with van der Waals surface area (Å²) in [4.78, 5) is 16.4. The number of piperazine rings is 1. The van der Waals surface area contributed by atoms with Crippen LogP contribution in [0.5, 0.6) is 0 Å². The highest BCUT2D eigenvalue weighted by atomic mass is 16.2. The SMILES string of the molecule is O=C1CCCC2CN(Cc3ccccc3)CCN12. The van der Waals surface area contributed by atoms with Crippen molar-refractivity contribution >= 4 is 5.91 Å². The first-order valence-corrected chi connectivity index (χ1v) is 6.89. The van der Waals surface area contributed by atoms with Crippen LogP contribution in [-0.4, -0.2) is 41.4 Å². The molecule has 1 amide bonds. The van der Waals surface area contributed by atoms with E-state index in [-0.39, 0.29) is 0 Å². The van der Waals surface area contributed by atoms with Gasteiger partial charge in [-0.15, -0.1) is 0 Å². The molecule has 3 rings (SSSR count). The highest BCUT2D eigenvalue weighted by Crippen LogP contribution is 2.23. The number of rotatable bonds is 2. The van der Waals surface area contributed by atoms with Crippen LogP contribution < -0.4 is 0 Å². The molecule has 3 nitrogen and oxygen atoms in total. The maximum absolute atomic E-state index is 11.8. The zero-order valence-corrected chi connectivity index (χ0v) is 10.7. The van der Waals surface area contributed by atoms with Crippen molar-refractivity contribution in [1.29, 1.82) is 0 Å². The third kappa shape index (κ3) is 2.41. The molecule has 0 saturated carbocycles. The molecule has 18 heavy (non-hydrogen) atoms. The van der Waals surface area contributed by atoms with Gasteiger partial charge in [0.15, 0.2) is 0 Å². The molecule has 96 valence electrons. The molecule has 0 N–H and O–H groups in total. The molecule has 0 bridgehead atoms. The van der Waals surface area contributed by atoms with E-state index in [1.165, 1.54) is 12.0 Å². The Bertz CT molecular complexity index is 418. The van der Waals surface area contributed by atoms with E-state index in [1.807, 2.05) is 0 Å². The Morgan fingerprint density at radius 3 is 2.83 bits per heavy atom. The second kappa shape index (κ2) is 5.11. The Labute approximate surface area is 108 Å². The van der Waals surface area contributed by atoms with Gasteiger partial charge in [0, 0.05) is 38.6 Å². The van der Waals surface area contributed by atoms with Crippen LogP contribution in [0.15, 0.2) is 30.3 Å². The van der Waals surface area contributed by atoms with Crippen molar-refractivity contribution in [3.63, 3.8) is 0 Å². The van der Waals surface area contributed by atoms with Crippen molar-refractivity contribution in [1.82, 2.24) is 9.80 Å². The van der Waals surface area contributed by atoms with Gasteiger partial charge in [0.25, 0.3) is 0 Å². The second-order valence-corrected chi connectivity index (χ2v) is 5.35. The lowest BCUT2D eigenvalue weighted by Gasteiger charge is -2.44. The average molecular weight is 244 g/mol. The van der Waals surface area contributed by atoms with Crippen molar-refractivity contribution in [2.45, 2.75) is 31.8 Å². The van der Waals surface area contributed by atoms with Gasteiger partial charge in [0.1, 0.15) is 0 Å². The van der Waals surface area contributed by atoms with Gasteiger partial charge in [-0.1, -0.05) is 30.3 Å². The number of hydrogen-bond donors (Lipinski definition) is 0. The van der Waals surface area contributed by atoms with Gasteiger partial charge < -0.3 is 4.90 Å². The molecule has 1 unspecified atom stereocenters. The molecule has 2 aliphatic heterocycles. The number of carbonyl (C=O) groups excluding carboxylic acids is 1. The Kier molecular flexibility index (Phi) is 3.33. The summed E-state index contributed by atoms with van der Waals surface area (Å²) in [5.74, 6) is 0.366.